The van der Waals surface area contributed by atoms with Gasteiger partial charge in [-0.3, -0.25) is 14.9 Å². The summed E-state index contributed by atoms with van der Waals surface area (Å²) in [6, 6.07) is 23.3. The zero-order valence-electron chi connectivity index (χ0n) is 19.4. The average Bonchev–Trinajstić information content (AvgIpc) is 3.43. The van der Waals surface area contributed by atoms with Crippen molar-refractivity contribution in [3.8, 4) is 22.5 Å². The van der Waals surface area contributed by atoms with Crippen LogP contribution in [0, 0.1) is 5.82 Å². The Labute approximate surface area is 211 Å². The third-order valence-corrected chi connectivity index (χ3v) is 5.51. The van der Waals surface area contributed by atoms with Gasteiger partial charge in [-0.05, 0) is 47.0 Å². The van der Waals surface area contributed by atoms with Crippen LogP contribution in [0.2, 0.25) is 0 Å². The van der Waals surface area contributed by atoms with Gasteiger partial charge >= 0.3 is 0 Å². The maximum absolute atomic E-state index is 13.7. The molecule has 5 rings (SSSR count). The molecule has 0 unspecified atom stereocenters. The summed E-state index contributed by atoms with van der Waals surface area (Å²) in [7, 11) is 0. The predicted molar refractivity (Wildman–Crippen MR) is 136 cm³/mol. The number of benzene rings is 3. The summed E-state index contributed by atoms with van der Waals surface area (Å²) in [6.45, 7) is 0. The van der Waals surface area contributed by atoms with E-state index in [1.807, 2.05) is 18.2 Å². The summed E-state index contributed by atoms with van der Waals surface area (Å²) in [5.74, 6) is -0.119. The predicted octanol–water partition coefficient (Wildman–Crippen LogP) is 5.37. The summed E-state index contributed by atoms with van der Waals surface area (Å²) in [4.78, 5) is 34.3. The van der Waals surface area contributed by atoms with E-state index >= 15 is 0 Å². The second-order valence-electron chi connectivity index (χ2n) is 8.03. The first kappa shape index (κ1) is 23.6. The van der Waals surface area contributed by atoms with Crippen LogP contribution < -0.4 is 10.6 Å². The molecule has 37 heavy (non-hydrogen) atoms. The van der Waals surface area contributed by atoms with Crippen molar-refractivity contribution in [2.45, 2.75) is 6.42 Å². The first-order chi connectivity index (χ1) is 18.1. The molecule has 0 fully saturated rings. The van der Waals surface area contributed by atoms with Crippen LogP contribution in [0.15, 0.2) is 102 Å². The SMILES string of the molecule is O=C(Cc1cccc(-c2nccc(NC(=O)c3ccccc3)n2)c1-c1ccc(F)cc1)Nc1ccno1. The van der Waals surface area contributed by atoms with Gasteiger partial charge in [0.15, 0.2) is 5.82 Å². The number of rotatable bonds is 7. The second kappa shape index (κ2) is 10.6. The van der Waals surface area contributed by atoms with Crippen LogP contribution in [0.4, 0.5) is 16.1 Å². The lowest BCUT2D eigenvalue weighted by Crippen LogP contribution is -2.15. The molecule has 9 heteroatoms. The number of nitrogens with zero attached hydrogens (tertiary/aromatic N) is 3. The summed E-state index contributed by atoms with van der Waals surface area (Å²) >= 11 is 0. The Kier molecular flexibility index (Phi) is 6.76. The quantitative estimate of drug-likeness (QED) is 0.315. The van der Waals surface area contributed by atoms with Gasteiger partial charge in [-0.1, -0.05) is 53.7 Å². The van der Waals surface area contributed by atoms with Crippen molar-refractivity contribution in [2.24, 2.45) is 0 Å². The molecule has 0 saturated heterocycles. The fraction of sp³-hybridized carbons (Fsp3) is 0.0357. The van der Waals surface area contributed by atoms with E-state index in [4.69, 9.17) is 4.52 Å². The largest absolute Gasteiger partial charge is 0.338 e. The number of hydrogen-bond donors (Lipinski definition) is 2. The molecule has 0 aliphatic carbocycles. The molecular formula is C28H20FN5O3. The van der Waals surface area contributed by atoms with Crippen LogP contribution in [0.3, 0.4) is 0 Å². The number of nitrogens with one attached hydrogen (secondary N) is 2. The molecule has 0 aliphatic heterocycles. The summed E-state index contributed by atoms with van der Waals surface area (Å²) in [5.41, 5.74) is 3.13. The molecule has 8 nitrogen and oxygen atoms in total. The molecule has 3 aromatic carbocycles. The van der Waals surface area contributed by atoms with Gasteiger partial charge < -0.3 is 9.84 Å². The number of carbonyl (C=O) groups excluding carboxylic acids is 2. The van der Waals surface area contributed by atoms with Crippen LogP contribution in [-0.2, 0) is 11.2 Å². The van der Waals surface area contributed by atoms with E-state index in [1.165, 1.54) is 24.4 Å². The minimum Gasteiger partial charge on any atom is -0.338 e. The molecule has 2 aromatic heterocycles. The van der Waals surface area contributed by atoms with Crippen molar-refractivity contribution >= 4 is 23.5 Å². The van der Waals surface area contributed by atoms with E-state index in [0.29, 0.717) is 39.5 Å². The summed E-state index contributed by atoms with van der Waals surface area (Å²) in [6.07, 6.45) is 2.98. The molecule has 0 atom stereocenters. The van der Waals surface area contributed by atoms with E-state index in [0.717, 1.165) is 0 Å². The number of amides is 2. The Morgan fingerprint density at radius 1 is 0.838 bits per heavy atom. The van der Waals surface area contributed by atoms with Crippen molar-refractivity contribution in [1.82, 2.24) is 15.1 Å². The Morgan fingerprint density at radius 3 is 2.41 bits per heavy atom. The van der Waals surface area contributed by atoms with E-state index < -0.39 is 0 Å². The molecule has 0 spiro atoms. The zero-order chi connectivity index (χ0) is 25.6. The van der Waals surface area contributed by atoms with Crippen LogP contribution in [0.1, 0.15) is 15.9 Å². The fourth-order valence-corrected chi connectivity index (χ4v) is 3.86. The van der Waals surface area contributed by atoms with Gasteiger partial charge in [0, 0.05) is 23.4 Å². The average molecular weight is 493 g/mol. The Bertz CT molecular complexity index is 1540. The van der Waals surface area contributed by atoms with Gasteiger partial charge in [-0.2, -0.15) is 0 Å². The lowest BCUT2D eigenvalue weighted by atomic mass is 9.92. The highest BCUT2D eigenvalue weighted by molar-refractivity contribution is 6.03. The Hall–Kier alpha value is -5.18. The fourth-order valence-electron chi connectivity index (χ4n) is 3.86. The van der Waals surface area contributed by atoms with Crippen molar-refractivity contribution < 1.29 is 18.5 Å². The first-order valence-electron chi connectivity index (χ1n) is 11.3. The third-order valence-electron chi connectivity index (χ3n) is 5.51. The van der Waals surface area contributed by atoms with Crippen molar-refractivity contribution in [1.29, 1.82) is 0 Å². The molecule has 0 bridgehead atoms. The van der Waals surface area contributed by atoms with Crippen LogP contribution in [0.5, 0.6) is 0 Å². The molecule has 0 radical (unpaired) electrons. The molecule has 2 N–H and O–H groups in total. The zero-order valence-corrected chi connectivity index (χ0v) is 19.4. The van der Waals surface area contributed by atoms with Gasteiger partial charge in [0.25, 0.3) is 5.91 Å². The van der Waals surface area contributed by atoms with E-state index in [2.05, 4.69) is 25.8 Å². The molecule has 2 heterocycles. The Morgan fingerprint density at radius 2 is 1.65 bits per heavy atom. The maximum Gasteiger partial charge on any atom is 0.256 e. The maximum atomic E-state index is 13.7. The monoisotopic (exact) mass is 493 g/mol. The van der Waals surface area contributed by atoms with Crippen LogP contribution in [-0.4, -0.2) is 26.9 Å². The number of halogens is 1. The molecular weight excluding hydrogens is 473 g/mol. The normalized spacial score (nSPS) is 10.6. The smallest absolute Gasteiger partial charge is 0.256 e. The van der Waals surface area contributed by atoms with E-state index in [-0.39, 0.29) is 29.9 Å². The van der Waals surface area contributed by atoms with Crippen LogP contribution in [0.25, 0.3) is 22.5 Å². The lowest BCUT2D eigenvalue weighted by molar-refractivity contribution is -0.115. The van der Waals surface area contributed by atoms with Crippen LogP contribution >= 0.6 is 0 Å². The number of hydrogen-bond acceptors (Lipinski definition) is 6. The highest BCUT2D eigenvalue weighted by Gasteiger charge is 2.18. The highest BCUT2D eigenvalue weighted by Crippen LogP contribution is 2.34. The van der Waals surface area contributed by atoms with Gasteiger partial charge in [-0.25, -0.2) is 14.4 Å². The number of anilines is 2. The van der Waals surface area contributed by atoms with Crippen molar-refractivity contribution in [3.63, 3.8) is 0 Å². The number of aromatic nitrogens is 3. The third kappa shape index (κ3) is 5.57. The van der Waals surface area contributed by atoms with E-state index in [9.17, 15) is 14.0 Å². The molecule has 5 aromatic rings. The molecule has 2 amide bonds. The van der Waals surface area contributed by atoms with Gasteiger partial charge in [0.05, 0.1) is 12.6 Å². The minimum atomic E-state index is -0.382. The molecule has 0 saturated carbocycles. The Balaban J connectivity index is 1.51. The van der Waals surface area contributed by atoms with Gasteiger partial charge in [0.1, 0.15) is 11.6 Å². The highest BCUT2D eigenvalue weighted by atomic mass is 19.1. The minimum absolute atomic E-state index is 0.00564. The standard InChI is InChI=1S/C28H20FN5O3/c29-21-11-9-18(10-12-21)26-20(17-24(35)34-25-14-16-31-37-25)7-4-8-22(26)27-30-15-13-23(32-27)33-28(36)19-5-2-1-3-6-19/h1-16H,17H2,(H,34,35)(H,30,32,33,36). The second-order valence-corrected chi connectivity index (χ2v) is 8.03. The van der Waals surface area contributed by atoms with Crippen molar-refractivity contribution in [3.05, 3.63) is 114 Å². The first-order valence-corrected chi connectivity index (χ1v) is 11.3. The summed E-state index contributed by atoms with van der Waals surface area (Å²) in [5, 5.41) is 9.03. The lowest BCUT2D eigenvalue weighted by Gasteiger charge is -2.15. The van der Waals surface area contributed by atoms with Gasteiger partial charge in [-0.15, -0.1) is 0 Å². The van der Waals surface area contributed by atoms with E-state index in [1.54, 1.807) is 54.7 Å². The number of carbonyl (C=O) groups is 2. The van der Waals surface area contributed by atoms with Gasteiger partial charge in [0.2, 0.25) is 11.8 Å². The topological polar surface area (TPSA) is 110 Å². The summed E-state index contributed by atoms with van der Waals surface area (Å²) < 4.78 is 18.7. The van der Waals surface area contributed by atoms with Crippen molar-refractivity contribution in [2.75, 3.05) is 10.6 Å². The molecule has 182 valence electrons. The molecule has 0 aliphatic rings.